The molecule has 7 nitrogen and oxygen atoms in total. The summed E-state index contributed by atoms with van der Waals surface area (Å²) in [6.07, 6.45) is 1.39. The average molecular weight is 349 g/mol. The highest BCUT2D eigenvalue weighted by Crippen LogP contribution is 2.30. The first-order valence-corrected chi connectivity index (χ1v) is 7.97. The summed E-state index contributed by atoms with van der Waals surface area (Å²) in [5, 5.41) is 2.59. The van der Waals surface area contributed by atoms with Crippen LogP contribution >= 0.6 is 12.2 Å². The number of aliphatic imine (C=N–C) groups is 1. The number of nitrogens with zero attached hydrogens (tertiary/aromatic N) is 2. The predicted molar refractivity (Wildman–Crippen MR) is 95.7 cm³/mol. The summed E-state index contributed by atoms with van der Waals surface area (Å²) in [7, 11) is 5.53. The molecule has 0 aliphatic carbocycles. The van der Waals surface area contributed by atoms with Crippen molar-refractivity contribution in [1.29, 1.82) is 0 Å². The quantitative estimate of drug-likeness (QED) is 0.404. The molecule has 0 radical (unpaired) electrons. The Labute approximate surface area is 146 Å². The minimum Gasteiger partial charge on any atom is -0.495 e. The molecule has 0 bridgehead atoms. The molecule has 1 aliphatic heterocycles. The summed E-state index contributed by atoms with van der Waals surface area (Å²) in [5.74, 6) is -1.40. The van der Waals surface area contributed by atoms with Gasteiger partial charge in [-0.05, 0) is 24.4 Å². The van der Waals surface area contributed by atoms with Crippen LogP contribution in [0, 0.1) is 5.92 Å². The normalized spacial score (nSPS) is 18.4. The van der Waals surface area contributed by atoms with E-state index in [2.05, 4.69) is 10.3 Å². The first-order chi connectivity index (χ1) is 11.5. The molecule has 128 valence electrons. The van der Waals surface area contributed by atoms with Crippen LogP contribution in [0.3, 0.4) is 0 Å². The van der Waals surface area contributed by atoms with E-state index in [1.807, 2.05) is 14.1 Å². The van der Waals surface area contributed by atoms with Crippen LogP contribution in [-0.4, -0.2) is 57.4 Å². The molecular weight excluding hydrogens is 328 g/mol. The summed E-state index contributed by atoms with van der Waals surface area (Å²) in [6, 6.07) is 7.00. The van der Waals surface area contributed by atoms with Crippen LogP contribution in [-0.2, 0) is 9.59 Å². The third-order valence-electron chi connectivity index (χ3n) is 3.52. The van der Waals surface area contributed by atoms with E-state index in [1.165, 1.54) is 23.1 Å². The van der Waals surface area contributed by atoms with Crippen LogP contribution < -0.4 is 19.9 Å². The number of carbonyl (C=O) groups excluding carboxylic acids is 2. The van der Waals surface area contributed by atoms with Crippen molar-refractivity contribution in [3.8, 4) is 5.75 Å². The molecule has 1 aromatic rings. The number of hydrogen-bond donors (Lipinski definition) is 2. The van der Waals surface area contributed by atoms with Gasteiger partial charge in [0.1, 0.15) is 5.75 Å². The Morgan fingerprint density at radius 2 is 2.08 bits per heavy atom. The standard InChI is InChI=1S/C16H20N4O3S/c1-19(2)9-8-17-10-11-14(21)18-16(24)20(15(11)22)12-6-4-5-7-13(12)23-3/h4-7,10-11H,8-9H2,1-3H3,(H,18,21,24)/p+1. The smallest absolute Gasteiger partial charge is 0.251 e. The Kier molecular flexibility index (Phi) is 5.99. The van der Waals surface area contributed by atoms with Crippen LogP contribution in [0.15, 0.2) is 29.3 Å². The molecule has 1 atom stereocenters. The summed E-state index contributed by atoms with van der Waals surface area (Å²) in [5.41, 5.74) is 0.492. The molecule has 0 saturated carbocycles. The van der Waals surface area contributed by atoms with Gasteiger partial charge in [-0.3, -0.25) is 19.5 Å². The van der Waals surface area contributed by atoms with Gasteiger partial charge < -0.3 is 15.0 Å². The second-order valence-corrected chi connectivity index (χ2v) is 6.02. The van der Waals surface area contributed by atoms with Crippen molar-refractivity contribution in [2.24, 2.45) is 10.9 Å². The molecule has 1 aromatic carbocycles. The number of para-hydroxylation sites is 2. The topological polar surface area (TPSA) is 75.4 Å². The molecule has 1 fully saturated rings. The zero-order valence-electron chi connectivity index (χ0n) is 13.9. The van der Waals surface area contributed by atoms with E-state index in [1.54, 1.807) is 24.3 Å². The second-order valence-electron chi connectivity index (χ2n) is 5.63. The predicted octanol–water partition coefficient (Wildman–Crippen LogP) is -0.726. The Hall–Kier alpha value is -2.32. The SMILES string of the molecule is COc1ccccc1N1C(=O)C(C=NCC[NH+](C)C)C(=O)NC1=S. The van der Waals surface area contributed by atoms with E-state index in [0.717, 1.165) is 6.54 Å². The van der Waals surface area contributed by atoms with Crippen LogP contribution in [0.4, 0.5) is 5.69 Å². The van der Waals surface area contributed by atoms with Crippen molar-refractivity contribution in [2.45, 2.75) is 0 Å². The van der Waals surface area contributed by atoms with Gasteiger partial charge in [0.15, 0.2) is 11.0 Å². The highest BCUT2D eigenvalue weighted by atomic mass is 32.1. The lowest BCUT2D eigenvalue weighted by molar-refractivity contribution is -0.856. The number of quaternary nitrogens is 1. The van der Waals surface area contributed by atoms with Gasteiger partial charge in [-0.25, -0.2) is 0 Å². The number of ether oxygens (including phenoxy) is 1. The fourth-order valence-corrected chi connectivity index (χ4v) is 2.52. The van der Waals surface area contributed by atoms with E-state index in [-0.39, 0.29) is 5.11 Å². The molecule has 0 spiro atoms. The summed E-state index contributed by atoms with van der Waals surface area (Å²) < 4.78 is 5.28. The van der Waals surface area contributed by atoms with Gasteiger partial charge in [0.05, 0.1) is 40.0 Å². The Morgan fingerprint density at radius 1 is 1.38 bits per heavy atom. The van der Waals surface area contributed by atoms with E-state index in [9.17, 15) is 9.59 Å². The van der Waals surface area contributed by atoms with E-state index >= 15 is 0 Å². The molecule has 2 amide bonds. The molecule has 1 unspecified atom stereocenters. The van der Waals surface area contributed by atoms with Crippen LogP contribution in [0.2, 0.25) is 0 Å². The number of likely N-dealkylation sites (N-methyl/N-ethyl adjacent to an activating group) is 1. The zero-order valence-corrected chi connectivity index (χ0v) is 14.7. The Morgan fingerprint density at radius 3 is 2.75 bits per heavy atom. The van der Waals surface area contributed by atoms with Crippen molar-refractivity contribution >= 4 is 41.0 Å². The number of thiocarbonyl (C=S) groups is 1. The molecule has 2 N–H and O–H groups in total. The monoisotopic (exact) mass is 349 g/mol. The van der Waals surface area contributed by atoms with Crippen LogP contribution in [0.5, 0.6) is 5.75 Å². The Balaban J connectivity index is 2.25. The van der Waals surface area contributed by atoms with Crippen molar-refractivity contribution in [1.82, 2.24) is 5.32 Å². The van der Waals surface area contributed by atoms with E-state index < -0.39 is 17.7 Å². The maximum absolute atomic E-state index is 12.8. The number of hydrogen-bond acceptors (Lipinski definition) is 5. The zero-order chi connectivity index (χ0) is 17.7. The number of anilines is 1. The number of benzene rings is 1. The van der Waals surface area contributed by atoms with Gasteiger partial charge in [0.25, 0.3) is 5.91 Å². The highest BCUT2D eigenvalue weighted by Gasteiger charge is 2.39. The molecule has 2 rings (SSSR count). The van der Waals surface area contributed by atoms with Gasteiger partial charge in [-0.15, -0.1) is 0 Å². The number of rotatable bonds is 6. The fourth-order valence-electron chi connectivity index (χ4n) is 2.23. The lowest BCUT2D eigenvalue weighted by Crippen LogP contribution is -3.06. The maximum atomic E-state index is 12.8. The minimum absolute atomic E-state index is 0.0388. The number of carbonyl (C=O) groups is 2. The van der Waals surface area contributed by atoms with E-state index in [0.29, 0.717) is 18.0 Å². The lowest BCUT2D eigenvalue weighted by Gasteiger charge is -2.31. The van der Waals surface area contributed by atoms with Crippen LogP contribution in [0.25, 0.3) is 0 Å². The summed E-state index contributed by atoms with van der Waals surface area (Å²) in [4.78, 5) is 31.6. The third kappa shape index (κ3) is 3.95. The minimum atomic E-state index is -1.00. The maximum Gasteiger partial charge on any atom is 0.251 e. The average Bonchev–Trinajstić information content (AvgIpc) is 2.54. The van der Waals surface area contributed by atoms with Gasteiger partial charge in [0, 0.05) is 6.21 Å². The summed E-state index contributed by atoms with van der Waals surface area (Å²) >= 11 is 5.16. The molecule has 8 heteroatoms. The van der Waals surface area contributed by atoms with Crippen molar-refractivity contribution in [2.75, 3.05) is 39.2 Å². The number of methoxy groups -OCH3 is 1. The molecule has 24 heavy (non-hydrogen) atoms. The largest absolute Gasteiger partial charge is 0.495 e. The molecule has 1 aliphatic rings. The molecule has 0 aromatic heterocycles. The van der Waals surface area contributed by atoms with Crippen LogP contribution in [0.1, 0.15) is 0 Å². The lowest BCUT2D eigenvalue weighted by atomic mass is 10.1. The first-order valence-electron chi connectivity index (χ1n) is 7.56. The van der Waals surface area contributed by atoms with Crippen molar-refractivity contribution in [3.63, 3.8) is 0 Å². The number of nitrogens with one attached hydrogen (secondary N) is 2. The van der Waals surface area contributed by atoms with Gasteiger partial charge in [0.2, 0.25) is 5.91 Å². The van der Waals surface area contributed by atoms with E-state index in [4.69, 9.17) is 17.0 Å². The third-order valence-corrected chi connectivity index (χ3v) is 3.81. The number of amides is 2. The fraction of sp³-hybridized carbons (Fsp3) is 0.375. The highest BCUT2D eigenvalue weighted by molar-refractivity contribution is 7.80. The van der Waals surface area contributed by atoms with Gasteiger partial charge in [-0.2, -0.15) is 0 Å². The first kappa shape index (κ1) is 18.0. The van der Waals surface area contributed by atoms with Gasteiger partial charge in [-0.1, -0.05) is 12.1 Å². The van der Waals surface area contributed by atoms with Crippen molar-refractivity contribution in [3.05, 3.63) is 24.3 Å². The Bertz CT molecular complexity index is 675. The second kappa shape index (κ2) is 7.98. The molecular formula is C16H21N4O3S+. The molecule has 1 saturated heterocycles. The summed E-state index contributed by atoms with van der Waals surface area (Å²) in [6.45, 7) is 1.35. The van der Waals surface area contributed by atoms with Gasteiger partial charge >= 0.3 is 0 Å². The molecule has 1 heterocycles. The van der Waals surface area contributed by atoms with Crippen molar-refractivity contribution < 1.29 is 19.2 Å².